The molecule has 2 unspecified atom stereocenters. The molecule has 0 aromatic carbocycles. The van der Waals surface area contributed by atoms with Crippen LogP contribution >= 0.6 is 11.8 Å². The van der Waals surface area contributed by atoms with Gasteiger partial charge >= 0.3 is 11.7 Å². The number of hydrogen-bond donors (Lipinski definition) is 3. The van der Waals surface area contributed by atoms with Gasteiger partial charge in [0.2, 0.25) is 20.9 Å². The lowest BCUT2D eigenvalue weighted by Gasteiger charge is -2.16. The number of rotatable bonds is 15. The standard InChI is InChI=1S/C24H37N7O8S2/c1-29-19-20(28-23(29)41(3,36)37)31(24(35)30(2)21(19)33)9-11-39-13-12-38-10-8-25-17(32)7-5-4-6-16-18-15(14-40-16)26-22(34)27-18/h15-16,18H,4-14H2,1-3H3,(H,25,32)(H2,26,27,34)/t15?,16-,18?/m1/s1. The highest BCUT2D eigenvalue weighted by Gasteiger charge is 2.42. The van der Waals surface area contributed by atoms with E-state index in [0.29, 0.717) is 24.8 Å². The zero-order valence-electron chi connectivity index (χ0n) is 23.4. The Labute approximate surface area is 241 Å². The number of carbonyl (C=O) groups excluding carboxylic acids is 2. The molecule has 0 radical (unpaired) electrons. The second kappa shape index (κ2) is 13.4. The summed E-state index contributed by atoms with van der Waals surface area (Å²) in [5, 5.41) is 8.83. The van der Waals surface area contributed by atoms with E-state index in [1.807, 2.05) is 11.8 Å². The lowest BCUT2D eigenvalue weighted by molar-refractivity contribution is -0.121. The molecule has 3 amide bonds. The summed E-state index contributed by atoms with van der Waals surface area (Å²) in [7, 11) is -0.978. The molecule has 4 rings (SSSR count). The van der Waals surface area contributed by atoms with E-state index in [1.165, 1.54) is 23.2 Å². The smallest absolute Gasteiger partial charge is 0.332 e. The fraction of sp³-hybridized carbons (Fsp3) is 0.708. The van der Waals surface area contributed by atoms with E-state index in [9.17, 15) is 27.6 Å². The van der Waals surface area contributed by atoms with Gasteiger partial charge in [-0.1, -0.05) is 6.42 Å². The maximum absolute atomic E-state index is 12.7. The van der Waals surface area contributed by atoms with Crippen LogP contribution in [0.25, 0.3) is 11.2 Å². The first-order valence-electron chi connectivity index (χ1n) is 13.5. The lowest BCUT2D eigenvalue weighted by Crippen LogP contribution is -2.39. The van der Waals surface area contributed by atoms with Crippen LogP contribution in [-0.2, 0) is 44.7 Å². The molecule has 2 aliphatic heterocycles. The summed E-state index contributed by atoms with van der Waals surface area (Å²) in [6, 6.07) is 0.312. The molecule has 0 saturated carbocycles. The molecule has 3 N–H and O–H groups in total. The van der Waals surface area contributed by atoms with Crippen molar-refractivity contribution in [2.45, 2.75) is 54.7 Å². The molecule has 0 spiro atoms. The maximum Gasteiger partial charge on any atom is 0.332 e. The summed E-state index contributed by atoms with van der Waals surface area (Å²) in [6.07, 6.45) is 4.11. The van der Waals surface area contributed by atoms with Crippen molar-refractivity contribution in [2.24, 2.45) is 14.1 Å². The van der Waals surface area contributed by atoms with Crippen molar-refractivity contribution in [3.63, 3.8) is 0 Å². The fourth-order valence-electron chi connectivity index (χ4n) is 5.04. The summed E-state index contributed by atoms with van der Waals surface area (Å²) in [4.78, 5) is 52.8. The van der Waals surface area contributed by atoms with Gasteiger partial charge in [-0.15, -0.1) is 0 Å². The van der Waals surface area contributed by atoms with Crippen LogP contribution in [-0.4, -0.2) is 101 Å². The van der Waals surface area contributed by atoms with Crippen LogP contribution in [0.3, 0.4) is 0 Å². The van der Waals surface area contributed by atoms with Crippen molar-refractivity contribution in [3.05, 3.63) is 20.8 Å². The van der Waals surface area contributed by atoms with Crippen molar-refractivity contribution >= 4 is 44.7 Å². The SMILES string of the molecule is Cn1c(=O)c2c(nc(S(C)(=O)=O)n2C)n(CCOCCOCCNC(=O)CCCC[C@H]2SCC3NC(=O)NC32)c1=O. The number of ether oxygens (including phenoxy) is 2. The Kier molecular flexibility index (Phi) is 10.1. The minimum Gasteiger partial charge on any atom is -0.377 e. The summed E-state index contributed by atoms with van der Waals surface area (Å²) >= 11 is 1.87. The molecule has 0 bridgehead atoms. The third-order valence-corrected chi connectivity index (χ3v) is 9.67. The number of hydrogen-bond acceptors (Lipinski definition) is 10. The van der Waals surface area contributed by atoms with Gasteiger partial charge in [0.1, 0.15) is 0 Å². The van der Waals surface area contributed by atoms with Crippen molar-refractivity contribution in [3.8, 4) is 0 Å². The van der Waals surface area contributed by atoms with E-state index in [0.717, 1.165) is 35.8 Å². The highest BCUT2D eigenvalue weighted by Crippen LogP contribution is 2.33. The van der Waals surface area contributed by atoms with Gasteiger partial charge in [-0.3, -0.25) is 18.7 Å². The number of nitrogens with zero attached hydrogens (tertiary/aromatic N) is 4. The molecule has 2 aromatic heterocycles. The van der Waals surface area contributed by atoms with Gasteiger partial charge in [0.25, 0.3) is 5.56 Å². The molecule has 2 aromatic rings. The molecule has 228 valence electrons. The van der Waals surface area contributed by atoms with Gasteiger partial charge in [-0.05, 0) is 12.8 Å². The number of fused-ring (bicyclic) bond motifs is 2. The Morgan fingerprint density at radius 1 is 1.07 bits per heavy atom. The van der Waals surface area contributed by atoms with Gasteiger partial charge < -0.3 is 30.0 Å². The number of thioether (sulfide) groups is 1. The number of aromatic nitrogens is 4. The Bertz CT molecular complexity index is 1500. The number of nitrogens with one attached hydrogen (secondary N) is 3. The highest BCUT2D eigenvalue weighted by molar-refractivity contribution is 8.00. The van der Waals surface area contributed by atoms with E-state index in [-0.39, 0.29) is 66.7 Å². The summed E-state index contributed by atoms with van der Waals surface area (Å²) in [5.41, 5.74) is -1.25. The van der Waals surface area contributed by atoms with E-state index in [1.54, 1.807) is 0 Å². The number of urea groups is 1. The first-order valence-corrected chi connectivity index (χ1v) is 16.4. The van der Waals surface area contributed by atoms with E-state index >= 15 is 0 Å². The van der Waals surface area contributed by atoms with Crippen LogP contribution in [0.5, 0.6) is 0 Å². The minimum absolute atomic E-state index is 0.0118. The third-order valence-electron chi connectivity index (χ3n) is 7.13. The van der Waals surface area contributed by atoms with Crippen LogP contribution in [0.15, 0.2) is 14.7 Å². The van der Waals surface area contributed by atoms with Crippen LogP contribution < -0.4 is 27.2 Å². The number of aryl methyl sites for hydroxylation is 1. The van der Waals surface area contributed by atoms with Crippen molar-refractivity contribution in [2.75, 3.05) is 45.0 Å². The largest absolute Gasteiger partial charge is 0.377 e. The number of unbranched alkanes of at least 4 members (excludes halogenated alkanes) is 1. The molecule has 41 heavy (non-hydrogen) atoms. The summed E-state index contributed by atoms with van der Waals surface area (Å²) in [5.74, 6) is 0.901. The van der Waals surface area contributed by atoms with E-state index < -0.39 is 21.1 Å². The minimum atomic E-state index is -3.71. The molecular formula is C24H37N7O8S2. The van der Waals surface area contributed by atoms with Crippen LogP contribution in [0, 0.1) is 0 Å². The van der Waals surface area contributed by atoms with Gasteiger partial charge in [0, 0.05) is 44.3 Å². The topological polar surface area (TPSA) is 185 Å². The third kappa shape index (κ3) is 7.31. The highest BCUT2D eigenvalue weighted by atomic mass is 32.2. The van der Waals surface area contributed by atoms with Gasteiger partial charge in [0.15, 0.2) is 11.2 Å². The number of carbonyl (C=O) groups is 2. The second-order valence-corrected chi connectivity index (χ2v) is 13.3. The average Bonchev–Trinajstić information content (AvgIpc) is 3.58. The van der Waals surface area contributed by atoms with E-state index in [2.05, 4.69) is 20.9 Å². The number of imidazole rings is 1. The second-order valence-electron chi connectivity index (χ2n) is 10.1. The van der Waals surface area contributed by atoms with E-state index in [4.69, 9.17) is 9.47 Å². The molecule has 2 aliphatic rings. The molecule has 2 saturated heterocycles. The Morgan fingerprint density at radius 3 is 2.54 bits per heavy atom. The molecule has 15 nitrogen and oxygen atoms in total. The number of amides is 3. The molecule has 17 heteroatoms. The molecule has 3 atom stereocenters. The fourth-order valence-corrected chi connectivity index (χ4v) is 7.43. The van der Waals surface area contributed by atoms with Crippen molar-refractivity contribution < 1.29 is 27.5 Å². The Morgan fingerprint density at radius 2 is 1.80 bits per heavy atom. The molecule has 4 heterocycles. The average molecular weight is 616 g/mol. The Balaban J connectivity index is 1.09. The van der Waals surface area contributed by atoms with Gasteiger partial charge in [0.05, 0.1) is 45.1 Å². The van der Waals surface area contributed by atoms with Gasteiger partial charge in [-0.2, -0.15) is 16.7 Å². The molecule has 0 aliphatic carbocycles. The maximum atomic E-state index is 12.7. The monoisotopic (exact) mass is 615 g/mol. The molecular weight excluding hydrogens is 578 g/mol. The van der Waals surface area contributed by atoms with Crippen molar-refractivity contribution in [1.82, 2.24) is 34.6 Å². The summed E-state index contributed by atoms with van der Waals surface area (Å²) < 4.78 is 38.4. The quantitative estimate of drug-likeness (QED) is 0.161. The predicted molar refractivity (Wildman–Crippen MR) is 152 cm³/mol. The first-order chi connectivity index (χ1) is 19.5. The number of sulfone groups is 1. The Hall–Kier alpha value is -2.89. The predicted octanol–water partition coefficient (Wildman–Crippen LogP) is -1.29. The first kappa shape index (κ1) is 31.1. The zero-order chi connectivity index (χ0) is 29.7. The molecule has 2 fully saturated rings. The van der Waals surface area contributed by atoms with Crippen molar-refractivity contribution in [1.29, 1.82) is 0 Å². The van der Waals surface area contributed by atoms with Crippen LogP contribution in [0.4, 0.5) is 4.79 Å². The normalized spacial score (nSPS) is 20.3. The van der Waals surface area contributed by atoms with Crippen LogP contribution in [0.1, 0.15) is 25.7 Å². The van der Waals surface area contributed by atoms with Gasteiger partial charge in [-0.25, -0.2) is 18.0 Å². The zero-order valence-corrected chi connectivity index (χ0v) is 25.0. The summed E-state index contributed by atoms with van der Waals surface area (Å²) in [6.45, 7) is 1.40. The lowest BCUT2D eigenvalue weighted by atomic mass is 10.0. The van der Waals surface area contributed by atoms with Crippen LogP contribution in [0.2, 0.25) is 0 Å².